The molecular formula is C21H18F2N4. The first-order chi connectivity index (χ1) is 13.0. The fraction of sp³-hybridized carbons (Fsp3) is 0.143. The molecule has 4 rings (SSSR count). The maximum atomic E-state index is 13.7. The van der Waals surface area contributed by atoms with Crippen molar-refractivity contribution in [2.24, 2.45) is 7.05 Å². The highest BCUT2D eigenvalue weighted by Gasteiger charge is 2.10. The number of rotatable bonds is 4. The Bertz CT molecular complexity index is 1100. The normalized spacial score (nSPS) is 11.1. The molecule has 6 heteroatoms. The predicted octanol–water partition coefficient (Wildman–Crippen LogP) is 4.83. The molecule has 2 aromatic carbocycles. The number of nitrogens with one attached hydrogen (secondary N) is 1. The molecule has 136 valence electrons. The standard InChI is InChI=1S/C21H18F2N4/c1-13-8-15-11-26-27(2)20(15)9-16(13)14-6-7-21(24-10-14)25-12-17-18(22)4-3-5-19(17)23/h3-11H,12H2,1-2H3,(H,24,25). The lowest BCUT2D eigenvalue weighted by Gasteiger charge is -2.10. The van der Waals surface area contributed by atoms with Crippen LogP contribution >= 0.6 is 0 Å². The zero-order valence-electron chi connectivity index (χ0n) is 15.0. The van der Waals surface area contributed by atoms with E-state index in [-0.39, 0.29) is 12.1 Å². The first kappa shape index (κ1) is 17.1. The fourth-order valence-electron chi connectivity index (χ4n) is 3.16. The third-order valence-electron chi connectivity index (χ3n) is 4.67. The molecule has 0 aliphatic carbocycles. The predicted molar refractivity (Wildman–Crippen MR) is 102 cm³/mol. The van der Waals surface area contributed by atoms with Crippen LogP contribution in [0.1, 0.15) is 11.1 Å². The van der Waals surface area contributed by atoms with Crippen molar-refractivity contribution in [1.82, 2.24) is 14.8 Å². The van der Waals surface area contributed by atoms with Crippen LogP contribution in [-0.4, -0.2) is 14.8 Å². The maximum Gasteiger partial charge on any atom is 0.131 e. The minimum Gasteiger partial charge on any atom is -0.366 e. The van der Waals surface area contributed by atoms with Gasteiger partial charge in [0.15, 0.2) is 0 Å². The molecule has 0 unspecified atom stereocenters. The first-order valence-corrected chi connectivity index (χ1v) is 8.58. The summed E-state index contributed by atoms with van der Waals surface area (Å²) in [5, 5.41) is 8.34. The van der Waals surface area contributed by atoms with Gasteiger partial charge in [-0.1, -0.05) is 6.07 Å². The van der Waals surface area contributed by atoms with Crippen molar-refractivity contribution < 1.29 is 8.78 Å². The first-order valence-electron chi connectivity index (χ1n) is 8.58. The van der Waals surface area contributed by atoms with Crippen molar-refractivity contribution >= 4 is 16.7 Å². The molecule has 0 spiro atoms. The Morgan fingerprint density at radius 2 is 1.81 bits per heavy atom. The number of halogens is 2. The molecule has 0 radical (unpaired) electrons. The average Bonchev–Trinajstić information content (AvgIpc) is 3.01. The van der Waals surface area contributed by atoms with Gasteiger partial charge in [-0.05, 0) is 54.4 Å². The highest BCUT2D eigenvalue weighted by Crippen LogP contribution is 2.28. The van der Waals surface area contributed by atoms with Crippen molar-refractivity contribution in [3.8, 4) is 11.1 Å². The second-order valence-electron chi connectivity index (χ2n) is 6.48. The summed E-state index contributed by atoms with van der Waals surface area (Å²) in [5.41, 5.74) is 4.23. The van der Waals surface area contributed by atoms with E-state index in [2.05, 4.69) is 34.5 Å². The van der Waals surface area contributed by atoms with E-state index in [0.29, 0.717) is 5.82 Å². The Balaban J connectivity index is 1.57. The van der Waals surface area contributed by atoms with Gasteiger partial charge in [0.05, 0.1) is 11.7 Å². The fourth-order valence-corrected chi connectivity index (χ4v) is 3.16. The summed E-state index contributed by atoms with van der Waals surface area (Å²) in [4.78, 5) is 4.38. The minimum absolute atomic E-state index is 0.000815. The van der Waals surface area contributed by atoms with E-state index < -0.39 is 11.6 Å². The SMILES string of the molecule is Cc1cc2cnn(C)c2cc1-c1ccc(NCc2c(F)cccc2F)nc1. The van der Waals surface area contributed by atoms with Crippen LogP contribution in [0.4, 0.5) is 14.6 Å². The van der Waals surface area contributed by atoms with Gasteiger partial charge in [-0.3, -0.25) is 4.68 Å². The molecule has 0 amide bonds. The van der Waals surface area contributed by atoms with Crippen LogP contribution in [-0.2, 0) is 13.6 Å². The van der Waals surface area contributed by atoms with Crippen LogP contribution in [0.15, 0.2) is 54.9 Å². The molecule has 0 atom stereocenters. The van der Waals surface area contributed by atoms with E-state index in [1.54, 1.807) is 12.3 Å². The van der Waals surface area contributed by atoms with Crippen LogP contribution in [0.5, 0.6) is 0 Å². The molecule has 0 saturated carbocycles. The third kappa shape index (κ3) is 3.26. The second kappa shape index (κ2) is 6.79. The van der Waals surface area contributed by atoms with E-state index >= 15 is 0 Å². The number of aryl methyl sites for hydroxylation is 2. The van der Waals surface area contributed by atoms with Crippen LogP contribution in [0.2, 0.25) is 0 Å². The second-order valence-corrected chi connectivity index (χ2v) is 6.48. The number of benzene rings is 2. The Hall–Kier alpha value is -3.28. The lowest BCUT2D eigenvalue weighted by atomic mass is 10.0. The number of aromatic nitrogens is 3. The molecule has 0 aliphatic rings. The molecule has 1 N–H and O–H groups in total. The lowest BCUT2D eigenvalue weighted by Crippen LogP contribution is -2.05. The summed E-state index contributed by atoms with van der Waals surface area (Å²) in [6.45, 7) is 2.08. The smallest absolute Gasteiger partial charge is 0.131 e. The molecule has 0 bridgehead atoms. The monoisotopic (exact) mass is 364 g/mol. The number of nitrogens with zero attached hydrogens (tertiary/aromatic N) is 3. The van der Waals surface area contributed by atoms with E-state index in [0.717, 1.165) is 27.6 Å². The van der Waals surface area contributed by atoms with Crippen molar-refractivity contribution in [2.75, 3.05) is 5.32 Å². The summed E-state index contributed by atoms with van der Waals surface area (Å²) in [6.07, 6.45) is 3.60. The van der Waals surface area contributed by atoms with Crippen LogP contribution < -0.4 is 5.32 Å². The average molecular weight is 364 g/mol. The van der Waals surface area contributed by atoms with Gasteiger partial charge in [-0.15, -0.1) is 0 Å². The van der Waals surface area contributed by atoms with Crippen molar-refractivity contribution in [1.29, 1.82) is 0 Å². The number of hydrogen-bond donors (Lipinski definition) is 1. The highest BCUT2D eigenvalue weighted by molar-refractivity contribution is 5.86. The highest BCUT2D eigenvalue weighted by atomic mass is 19.1. The number of hydrogen-bond acceptors (Lipinski definition) is 3. The van der Waals surface area contributed by atoms with Crippen LogP contribution in [0.3, 0.4) is 0 Å². The zero-order chi connectivity index (χ0) is 19.0. The molecular weight excluding hydrogens is 346 g/mol. The largest absolute Gasteiger partial charge is 0.366 e. The summed E-state index contributed by atoms with van der Waals surface area (Å²) in [7, 11) is 1.91. The van der Waals surface area contributed by atoms with Crippen LogP contribution in [0, 0.1) is 18.6 Å². The lowest BCUT2D eigenvalue weighted by molar-refractivity contribution is 0.560. The Morgan fingerprint density at radius 3 is 2.52 bits per heavy atom. The van der Waals surface area contributed by atoms with Crippen LogP contribution in [0.25, 0.3) is 22.0 Å². The van der Waals surface area contributed by atoms with Gasteiger partial charge in [0.25, 0.3) is 0 Å². The summed E-state index contributed by atoms with van der Waals surface area (Å²) in [5.74, 6) is -0.584. The van der Waals surface area contributed by atoms with Gasteiger partial charge >= 0.3 is 0 Å². The minimum atomic E-state index is -0.570. The van der Waals surface area contributed by atoms with E-state index in [9.17, 15) is 8.78 Å². The van der Waals surface area contributed by atoms with Crippen molar-refractivity contribution in [2.45, 2.75) is 13.5 Å². The molecule has 4 aromatic rings. The van der Waals surface area contributed by atoms with E-state index in [4.69, 9.17) is 0 Å². The van der Waals surface area contributed by atoms with Gasteiger partial charge in [-0.2, -0.15) is 5.10 Å². The number of fused-ring (bicyclic) bond motifs is 1. The number of pyridine rings is 1. The molecule has 27 heavy (non-hydrogen) atoms. The maximum absolute atomic E-state index is 13.7. The van der Waals surface area contributed by atoms with Gasteiger partial charge in [0.2, 0.25) is 0 Å². The third-order valence-corrected chi connectivity index (χ3v) is 4.67. The Labute approximate surface area is 155 Å². The molecule has 0 fully saturated rings. The molecule has 2 heterocycles. The van der Waals surface area contributed by atoms with E-state index in [1.165, 1.54) is 18.2 Å². The quantitative estimate of drug-likeness (QED) is 0.564. The molecule has 0 saturated heterocycles. The summed E-state index contributed by atoms with van der Waals surface area (Å²) >= 11 is 0. The molecule has 2 aromatic heterocycles. The molecule has 4 nitrogen and oxygen atoms in total. The van der Waals surface area contributed by atoms with Crippen molar-refractivity contribution in [3.63, 3.8) is 0 Å². The summed E-state index contributed by atoms with van der Waals surface area (Å²) in [6, 6.07) is 11.8. The van der Waals surface area contributed by atoms with Gasteiger partial charge in [0.1, 0.15) is 17.5 Å². The Morgan fingerprint density at radius 1 is 1.04 bits per heavy atom. The van der Waals surface area contributed by atoms with Gasteiger partial charge in [-0.25, -0.2) is 13.8 Å². The Kier molecular flexibility index (Phi) is 4.32. The summed E-state index contributed by atoms with van der Waals surface area (Å²) < 4.78 is 29.3. The van der Waals surface area contributed by atoms with Gasteiger partial charge in [0, 0.05) is 36.3 Å². The van der Waals surface area contributed by atoms with E-state index in [1.807, 2.05) is 24.0 Å². The zero-order valence-corrected chi connectivity index (χ0v) is 15.0. The van der Waals surface area contributed by atoms with Crippen molar-refractivity contribution in [3.05, 3.63) is 77.6 Å². The number of anilines is 1. The molecule has 0 aliphatic heterocycles. The topological polar surface area (TPSA) is 42.7 Å². The van der Waals surface area contributed by atoms with Gasteiger partial charge < -0.3 is 5.32 Å².